The molecule has 16 heteroatoms. The number of carbonyl (C=O) groups excluding carboxylic acids is 4. The Morgan fingerprint density at radius 1 is 0.932 bits per heavy atom. The summed E-state index contributed by atoms with van der Waals surface area (Å²) in [5.41, 5.74) is -2.00. The Labute approximate surface area is 254 Å². The second-order valence-electron chi connectivity index (χ2n) is 10.8. The quantitative estimate of drug-likeness (QED) is 0.0945. The van der Waals surface area contributed by atoms with Crippen LogP contribution in [0.4, 0.5) is 27.6 Å². The highest BCUT2D eigenvalue weighted by Gasteiger charge is 2.77. The van der Waals surface area contributed by atoms with Crippen LogP contribution in [0.1, 0.15) is 31.2 Å². The van der Waals surface area contributed by atoms with Gasteiger partial charge in [-0.25, -0.2) is 26.9 Å². The lowest BCUT2D eigenvalue weighted by Gasteiger charge is -2.50. The van der Waals surface area contributed by atoms with Gasteiger partial charge in [-0.1, -0.05) is 23.8 Å². The number of allylic oxidation sites excluding steroid dienone is 2. The molecule has 2 N–H and O–H groups in total. The fourth-order valence-corrected chi connectivity index (χ4v) is 7.87. The summed E-state index contributed by atoms with van der Waals surface area (Å²) in [5.74, 6) is -23.9. The topological polar surface area (TPSA) is 124 Å². The zero-order valence-electron chi connectivity index (χ0n) is 22.2. The number of hydrogen-bond donors (Lipinski definition) is 2. The number of alkyl halides is 2. The molecule has 2 aliphatic heterocycles. The van der Waals surface area contributed by atoms with Crippen LogP contribution in [0.25, 0.3) is 0 Å². The van der Waals surface area contributed by atoms with Gasteiger partial charge in [0, 0.05) is 11.5 Å². The van der Waals surface area contributed by atoms with E-state index in [1.54, 1.807) is 6.92 Å². The predicted octanol–water partition coefficient (Wildman–Crippen LogP) is 4.44. The zero-order valence-corrected chi connectivity index (χ0v) is 23.7. The van der Waals surface area contributed by atoms with Crippen LogP contribution in [0.2, 0.25) is 0 Å². The number of nitrogens with zero attached hydrogens (tertiary/aromatic N) is 2. The lowest BCUT2D eigenvalue weighted by Crippen LogP contribution is -2.60. The van der Waals surface area contributed by atoms with Crippen LogP contribution in [-0.4, -0.2) is 55.4 Å². The molecule has 2 aromatic carbocycles. The molecule has 2 aromatic rings. The van der Waals surface area contributed by atoms with Crippen LogP contribution in [0.15, 0.2) is 29.8 Å². The number of benzene rings is 2. The van der Waals surface area contributed by atoms with Crippen LogP contribution in [0, 0.1) is 46.8 Å². The first-order chi connectivity index (χ1) is 20.6. The number of phenolic OH excluding ortho intramolecular Hbond substituents is 1. The molecule has 0 radical (unpaired) electrons. The van der Waals surface area contributed by atoms with Crippen molar-refractivity contribution in [1.82, 2.24) is 5.06 Å². The number of aromatic hydroxyl groups is 1. The van der Waals surface area contributed by atoms with E-state index in [0.29, 0.717) is 0 Å². The van der Waals surface area contributed by atoms with E-state index in [-0.39, 0.29) is 39.9 Å². The van der Waals surface area contributed by atoms with Crippen LogP contribution in [0.3, 0.4) is 0 Å². The van der Waals surface area contributed by atoms with Crippen molar-refractivity contribution in [3.8, 4) is 11.5 Å². The van der Waals surface area contributed by atoms with Gasteiger partial charge < -0.3 is 9.84 Å². The van der Waals surface area contributed by atoms with Gasteiger partial charge in [0.05, 0.1) is 18.4 Å². The van der Waals surface area contributed by atoms with Gasteiger partial charge in [0.2, 0.25) is 5.82 Å². The molecular formula is C28H19Cl2F5N2O7. The number of hydroxylamine groups is 2. The number of imide groups is 2. The number of halogens is 7. The van der Waals surface area contributed by atoms with Crippen molar-refractivity contribution < 1.29 is 56.2 Å². The predicted molar refractivity (Wildman–Crippen MR) is 139 cm³/mol. The Hall–Kier alpha value is -3.75. The summed E-state index contributed by atoms with van der Waals surface area (Å²) in [6.07, 6.45) is 0.524. The zero-order chi connectivity index (χ0) is 32.2. The van der Waals surface area contributed by atoms with Gasteiger partial charge in [-0.3, -0.25) is 24.4 Å². The smallest absolute Gasteiger partial charge is 0.258 e. The molecule has 4 amide bonds. The molecule has 6 rings (SSSR count). The number of phenols is 1. The lowest BCUT2D eigenvalue weighted by molar-refractivity contribution is -0.173. The minimum absolute atomic E-state index is 0.0661. The number of rotatable bonds is 4. The van der Waals surface area contributed by atoms with Gasteiger partial charge in [0.15, 0.2) is 44.5 Å². The molecule has 0 bridgehead atoms. The van der Waals surface area contributed by atoms with E-state index >= 15 is 8.78 Å². The lowest BCUT2D eigenvalue weighted by atomic mass is 9.56. The third-order valence-electron chi connectivity index (χ3n) is 8.84. The van der Waals surface area contributed by atoms with E-state index in [1.807, 2.05) is 0 Å². The van der Waals surface area contributed by atoms with E-state index in [0.717, 1.165) is 0 Å². The van der Waals surface area contributed by atoms with Gasteiger partial charge in [0.1, 0.15) is 5.69 Å². The standard InChI is InChI=1S/C28H19Cl2F5N2O7/c1-2-44-13-5-3-4-11(22(13)38)15-9-6-7-10-14(24(40)37(43)23(10)39)12(9)8-27(29)25(41)36(26(42)28(15,27)30)21-19(34)17(32)16(31)18(33)20(21)35/h3-6,10,12,14-15,38,43H,2,7-8H2,1H3/t10-,12+,14-,15+,27+,28-/m0/s1. The SMILES string of the molecule is CCOc1cccc([C@H]2C3=CC[C@@H]4C(=O)N(O)C(=O)[C@@H]4[C@@H]3C[C@@]3(Cl)C(=O)N(c4c(F)c(F)c(F)c(F)c4F)C(=O)[C@@]23Cl)c1O. The molecule has 0 aromatic heterocycles. The van der Waals surface area contributed by atoms with Crippen molar-refractivity contribution in [2.24, 2.45) is 17.8 Å². The number of amides is 4. The summed E-state index contributed by atoms with van der Waals surface area (Å²) in [5, 5.41) is 21.3. The number of hydrogen-bond acceptors (Lipinski definition) is 7. The van der Waals surface area contributed by atoms with Crippen LogP contribution < -0.4 is 9.64 Å². The number of anilines is 1. The van der Waals surface area contributed by atoms with Crippen LogP contribution >= 0.6 is 23.2 Å². The maximum absolute atomic E-state index is 15.0. The molecule has 2 saturated heterocycles. The molecule has 9 nitrogen and oxygen atoms in total. The molecule has 44 heavy (non-hydrogen) atoms. The molecule has 232 valence electrons. The minimum Gasteiger partial charge on any atom is -0.504 e. The van der Waals surface area contributed by atoms with Gasteiger partial charge in [-0.15, -0.1) is 23.2 Å². The number of fused-ring (bicyclic) bond motifs is 4. The first kappa shape index (κ1) is 30.3. The highest BCUT2D eigenvalue weighted by atomic mass is 35.5. The third kappa shape index (κ3) is 3.55. The monoisotopic (exact) mass is 660 g/mol. The molecule has 6 atom stereocenters. The van der Waals surface area contributed by atoms with Gasteiger partial charge in [-0.05, 0) is 31.7 Å². The summed E-state index contributed by atoms with van der Waals surface area (Å²) in [7, 11) is 0. The molecule has 0 spiro atoms. The summed E-state index contributed by atoms with van der Waals surface area (Å²) in [6, 6.07) is 4.02. The molecular weight excluding hydrogens is 642 g/mol. The first-order valence-electron chi connectivity index (χ1n) is 13.1. The summed E-state index contributed by atoms with van der Waals surface area (Å²) in [6.45, 7) is 1.67. The van der Waals surface area contributed by atoms with E-state index < -0.39 is 104 Å². The maximum Gasteiger partial charge on any atom is 0.258 e. The van der Waals surface area contributed by atoms with E-state index in [4.69, 9.17) is 27.9 Å². The Balaban J connectivity index is 1.63. The van der Waals surface area contributed by atoms with Crippen molar-refractivity contribution in [2.75, 3.05) is 11.5 Å². The average molecular weight is 661 g/mol. The van der Waals surface area contributed by atoms with Crippen molar-refractivity contribution in [3.05, 3.63) is 64.5 Å². The summed E-state index contributed by atoms with van der Waals surface area (Å²) >= 11 is 13.9. The number of ether oxygens (including phenoxy) is 1. The Bertz CT molecular complexity index is 1710. The fourth-order valence-electron chi connectivity index (χ4n) is 6.94. The summed E-state index contributed by atoms with van der Waals surface area (Å²) in [4.78, 5) is 48.0. The normalized spacial score (nSPS) is 31.2. The maximum atomic E-state index is 15.0. The van der Waals surface area contributed by atoms with Crippen LogP contribution in [-0.2, 0) is 19.2 Å². The Kier molecular flexibility index (Phi) is 6.80. The third-order valence-corrected chi connectivity index (χ3v) is 10.3. The second kappa shape index (κ2) is 9.88. The van der Waals surface area contributed by atoms with Crippen molar-refractivity contribution in [3.63, 3.8) is 0 Å². The number of carbonyl (C=O) groups is 4. The highest BCUT2D eigenvalue weighted by molar-refractivity contribution is 6.58. The van der Waals surface area contributed by atoms with E-state index in [1.165, 1.54) is 24.3 Å². The largest absolute Gasteiger partial charge is 0.504 e. The Morgan fingerprint density at radius 3 is 2.16 bits per heavy atom. The van der Waals surface area contributed by atoms with Crippen molar-refractivity contribution in [2.45, 2.75) is 35.4 Å². The van der Waals surface area contributed by atoms with Gasteiger partial charge >= 0.3 is 0 Å². The van der Waals surface area contributed by atoms with Crippen molar-refractivity contribution in [1.29, 1.82) is 0 Å². The first-order valence-corrected chi connectivity index (χ1v) is 13.9. The molecule has 1 saturated carbocycles. The van der Waals surface area contributed by atoms with Gasteiger partial charge in [0.25, 0.3) is 23.6 Å². The fraction of sp³-hybridized carbons (Fsp3) is 0.357. The summed E-state index contributed by atoms with van der Waals surface area (Å²) < 4.78 is 77.9. The van der Waals surface area contributed by atoms with Crippen molar-refractivity contribution >= 4 is 52.5 Å². The number of para-hydroxylation sites is 1. The molecule has 3 fully saturated rings. The molecule has 2 aliphatic carbocycles. The molecule has 4 aliphatic rings. The Morgan fingerprint density at radius 2 is 1.55 bits per heavy atom. The highest BCUT2D eigenvalue weighted by Crippen LogP contribution is 2.67. The average Bonchev–Trinajstić information content (AvgIpc) is 3.30. The van der Waals surface area contributed by atoms with Gasteiger partial charge in [-0.2, -0.15) is 5.06 Å². The van der Waals surface area contributed by atoms with Crippen LogP contribution in [0.5, 0.6) is 11.5 Å². The van der Waals surface area contributed by atoms with E-state index in [9.17, 15) is 42.7 Å². The second-order valence-corrected chi connectivity index (χ2v) is 12.0. The minimum atomic E-state index is -2.80. The molecule has 0 unspecified atom stereocenters. The van der Waals surface area contributed by atoms with E-state index in [2.05, 4.69) is 0 Å². The molecule has 2 heterocycles.